The lowest BCUT2D eigenvalue weighted by Gasteiger charge is -2.22. The molecule has 0 saturated heterocycles. The van der Waals surface area contributed by atoms with Crippen LogP contribution in [0.25, 0.3) is 0 Å². The van der Waals surface area contributed by atoms with Gasteiger partial charge in [0.15, 0.2) is 0 Å². The van der Waals surface area contributed by atoms with E-state index in [1.165, 1.54) is 18.4 Å². The first-order valence-electron chi connectivity index (χ1n) is 5.50. The molecule has 0 aliphatic rings. The average molecular weight is 290 g/mol. The fourth-order valence-corrected chi connectivity index (χ4v) is 3.17. The third-order valence-electron chi connectivity index (χ3n) is 2.87. The van der Waals surface area contributed by atoms with Gasteiger partial charge in [-0.25, -0.2) is 0 Å². The summed E-state index contributed by atoms with van der Waals surface area (Å²) < 4.78 is 0. The molecular weight excluding hydrogens is 272 g/mol. The fourth-order valence-electron chi connectivity index (χ4n) is 1.96. The molecule has 0 aliphatic carbocycles. The molecule has 84 valence electrons. The molecule has 0 fully saturated rings. The highest BCUT2D eigenvalue weighted by atomic mass is 79.9. The van der Waals surface area contributed by atoms with E-state index in [1.807, 2.05) is 12.1 Å². The molecule has 1 aromatic carbocycles. The molecular formula is C13H18BrCl. The maximum absolute atomic E-state index is 6.01. The van der Waals surface area contributed by atoms with Gasteiger partial charge in [0.1, 0.15) is 0 Å². The van der Waals surface area contributed by atoms with Gasteiger partial charge in [-0.3, -0.25) is 0 Å². The monoisotopic (exact) mass is 288 g/mol. The Morgan fingerprint density at radius 1 is 1.40 bits per heavy atom. The molecule has 0 spiro atoms. The summed E-state index contributed by atoms with van der Waals surface area (Å²) in [5.41, 5.74) is 1.35. The normalized spacial score (nSPS) is 14.9. The molecule has 0 aliphatic heterocycles. The number of hydrogen-bond donors (Lipinski definition) is 0. The molecule has 1 aromatic rings. The van der Waals surface area contributed by atoms with E-state index in [-0.39, 0.29) is 0 Å². The first-order chi connectivity index (χ1) is 7.19. The SMILES string of the molecule is CCCC(C)C(CBr)c1cccc(Cl)c1. The molecule has 0 nitrogen and oxygen atoms in total. The van der Waals surface area contributed by atoms with Crippen molar-refractivity contribution in [1.82, 2.24) is 0 Å². The van der Waals surface area contributed by atoms with Crippen LogP contribution in [0.15, 0.2) is 24.3 Å². The zero-order valence-electron chi connectivity index (χ0n) is 9.34. The van der Waals surface area contributed by atoms with E-state index < -0.39 is 0 Å². The standard InChI is InChI=1S/C13H18BrCl/c1-3-5-10(2)13(9-14)11-6-4-7-12(15)8-11/h4,6-8,10,13H,3,5,9H2,1-2H3. The lowest BCUT2D eigenvalue weighted by molar-refractivity contribution is 0.454. The molecule has 2 heteroatoms. The van der Waals surface area contributed by atoms with Crippen LogP contribution in [0.4, 0.5) is 0 Å². The molecule has 0 radical (unpaired) electrons. The summed E-state index contributed by atoms with van der Waals surface area (Å²) in [5.74, 6) is 1.27. The van der Waals surface area contributed by atoms with Gasteiger partial charge in [-0.15, -0.1) is 0 Å². The molecule has 1 rings (SSSR count). The van der Waals surface area contributed by atoms with Gasteiger partial charge in [-0.05, 0) is 29.5 Å². The second-order valence-electron chi connectivity index (χ2n) is 4.08. The largest absolute Gasteiger partial charge is 0.0921 e. The Morgan fingerprint density at radius 2 is 2.13 bits per heavy atom. The minimum absolute atomic E-state index is 0.573. The van der Waals surface area contributed by atoms with Crippen molar-refractivity contribution in [3.8, 4) is 0 Å². The average Bonchev–Trinajstić information content (AvgIpc) is 2.19. The Morgan fingerprint density at radius 3 is 2.67 bits per heavy atom. The third-order valence-corrected chi connectivity index (χ3v) is 3.81. The van der Waals surface area contributed by atoms with E-state index in [0.717, 1.165) is 10.4 Å². The van der Waals surface area contributed by atoms with Crippen LogP contribution >= 0.6 is 27.5 Å². The molecule has 15 heavy (non-hydrogen) atoms. The summed E-state index contributed by atoms with van der Waals surface area (Å²) in [6, 6.07) is 8.22. The van der Waals surface area contributed by atoms with Gasteiger partial charge in [0, 0.05) is 10.4 Å². The first kappa shape index (κ1) is 13.1. The fraction of sp³-hybridized carbons (Fsp3) is 0.538. The van der Waals surface area contributed by atoms with Gasteiger partial charge >= 0.3 is 0 Å². The van der Waals surface area contributed by atoms with Crippen LogP contribution in [-0.4, -0.2) is 5.33 Å². The molecule has 0 heterocycles. The predicted molar refractivity (Wildman–Crippen MR) is 72.1 cm³/mol. The van der Waals surface area contributed by atoms with Crippen molar-refractivity contribution in [3.63, 3.8) is 0 Å². The summed E-state index contributed by atoms with van der Waals surface area (Å²) in [6.07, 6.45) is 2.51. The summed E-state index contributed by atoms with van der Waals surface area (Å²) in [7, 11) is 0. The molecule has 2 atom stereocenters. The molecule has 0 aromatic heterocycles. The van der Waals surface area contributed by atoms with Crippen molar-refractivity contribution in [1.29, 1.82) is 0 Å². The van der Waals surface area contributed by atoms with Crippen LogP contribution in [0.5, 0.6) is 0 Å². The Labute approximate surface area is 106 Å². The molecule has 0 saturated carbocycles. The third kappa shape index (κ3) is 3.81. The van der Waals surface area contributed by atoms with Gasteiger partial charge < -0.3 is 0 Å². The number of halogens is 2. The Balaban J connectivity index is 2.82. The number of rotatable bonds is 5. The first-order valence-corrected chi connectivity index (χ1v) is 7.00. The summed E-state index contributed by atoms with van der Waals surface area (Å²) in [4.78, 5) is 0. The number of hydrogen-bond acceptors (Lipinski definition) is 0. The number of alkyl halides is 1. The Bertz CT molecular complexity index is 298. The van der Waals surface area contributed by atoms with Crippen molar-refractivity contribution in [3.05, 3.63) is 34.9 Å². The quantitative estimate of drug-likeness (QED) is 0.649. The topological polar surface area (TPSA) is 0 Å². The van der Waals surface area contributed by atoms with E-state index in [2.05, 4.69) is 41.9 Å². The lowest BCUT2D eigenvalue weighted by atomic mass is 9.86. The van der Waals surface area contributed by atoms with E-state index >= 15 is 0 Å². The summed E-state index contributed by atoms with van der Waals surface area (Å²) >= 11 is 9.62. The van der Waals surface area contributed by atoms with E-state index in [1.54, 1.807) is 0 Å². The van der Waals surface area contributed by atoms with Crippen molar-refractivity contribution < 1.29 is 0 Å². The highest BCUT2D eigenvalue weighted by molar-refractivity contribution is 9.09. The highest BCUT2D eigenvalue weighted by Gasteiger charge is 2.17. The Kier molecular flexibility index (Phi) is 5.70. The lowest BCUT2D eigenvalue weighted by Crippen LogP contribution is -2.11. The molecule has 2 unspecified atom stereocenters. The molecule has 0 amide bonds. The maximum atomic E-state index is 6.01. The minimum Gasteiger partial charge on any atom is -0.0921 e. The van der Waals surface area contributed by atoms with Crippen LogP contribution in [-0.2, 0) is 0 Å². The minimum atomic E-state index is 0.573. The zero-order valence-corrected chi connectivity index (χ0v) is 11.7. The van der Waals surface area contributed by atoms with Crippen molar-refractivity contribution in [2.75, 3.05) is 5.33 Å². The smallest absolute Gasteiger partial charge is 0.0408 e. The van der Waals surface area contributed by atoms with Gasteiger partial charge in [0.05, 0.1) is 0 Å². The van der Waals surface area contributed by atoms with Crippen LogP contribution in [0.3, 0.4) is 0 Å². The maximum Gasteiger partial charge on any atom is 0.0408 e. The second-order valence-corrected chi connectivity index (χ2v) is 5.17. The van der Waals surface area contributed by atoms with E-state index in [9.17, 15) is 0 Å². The van der Waals surface area contributed by atoms with Crippen LogP contribution in [0.2, 0.25) is 5.02 Å². The zero-order chi connectivity index (χ0) is 11.3. The van der Waals surface area contributed by atoms with E-state index in [0.29, 0.717) is 11.8 Å². The Hall–Kier alpha value is -0.0100. The van der Waals surface area contributed by atoms with Crippen LogP contribution < -0.4 is 0 Å². The van der Waals surface area contributed by atoms with Gasteiger partial charge in [-0.1, -0.05) is 66.4 Å². The second kappa shape index (κ2) is 6.55. The van der Waals surface area contributed by atoms with Gasteiger partial charge in [-0.2, -0.15) is 0 Å². The molecule has 0 bridgehead atoms. The summed E-state index contributed by atoms with van der Waals surface area (Å²) in [5, 5.41) is 1.84. The predicted octanol–water partition coefficient (Wildman–Crippen LogP) is 5.25. The summed E-state index contributed by atoms with van der Waals surface area (Å²) in [6.45, 7) is 4.55. The van der Waals surface area contributed by atoms with Gasteiger partial charge in [0.25, 0.3) is 0 Å². The van der Waals surface area contributed by atoms with E-state index in [4.69, 9.17) is 11.6 Å². The van der Waals surface area contributed by atoms with Crippen LogP contribution in [0, 0.1) is 5.92 Å². The highest BCUT2D eigenvalue weighted by Crippen LogP contribution is 2.30. The van der Waals surface area contributed by atoms with Crippen LogP contribution in [0.1, 0.15) is 38.2 Å². The number of benzene rings is 1. The molecule has 0 N–H and O–H groups in total. The van der Waals surface area contributed by atoms with Crippen molar-refractivity contribution >= 4 is 27.5 Å². The van der Waals surface area contributed by atoms with Crippen molar-refractivity contribution in [2.45, 2.75) is 32.6 Å². The van der Waals surface area contributed by atoms with Crippen molar-refractivity contribution in [2.24, 2.45) is 5.92 Å². The van der Waals surface area contributed by atoms with Gasteiger partial charge in [0.2, 0.25) is 0 Å².